The van der Waals surface area contributed by atoms with Crippen molar-refractivity contribution in [1.82, 2.24) is 0 Å². The minimum Gasteiger partial charge on any atom is -0.367 e. The van der Waals surface area contributed by atoms with Gasteiger partial charge in [0.15, 0.2) is 0 Å². The van der Waals surface area contributed by atoms with Gasteiger partial charge in [0.05, 0.1) is 11.7 Å². The number of rotatable bonds is 4. The van der Waals surface area contributed by atoms with Gasteiger partial charge in [0.25, 0.3) is 0 Å². The Morgan fingerprint density at radius 3 is 2.22 bits per heavy atom. The fourth-order valence-electron chi connectivity index (χ4n) is 10.3. The maximum atomic E-state index is 12.9. The molecule has 5 aliphatic rings. The molecule has 5 rings (SSSR count). The number of hydrogen-bond donors (Lipinski definition) is 0. The highest BCUT2D eigenvalue weighted by atomic mass is 16.6. The summed E-state index contributed by atoms with van der Waals surface area (Å²) < 4.78 is 5.85. The average Bonchev–Trinajstić information content (AvgIpc) is 3.15. The fraction of sp³-hybridized carbons (Fsp3) is 0.900. The number of hydrogen-bond acceptors (Lipinski definition) is 2. The van der Waals surface area contributed by atoms with Crippen molar-refractivity contribution in [3.63, 3.8) is 0 Å². The SMILES string of the molecule is C=C(CC[C@@H]1OC1(C)C)[C@H]1CC[C@@]2(C)[C@H]1CC[C@@H]1[C@@]3(C)CCC(=O)C(C)(C)C3CC[C@]12C. The zero-order valence-corrected chi connectivity index (χ0v) is 22.0. The van der Waals surface area contributed by atoms with Gasteiger partial charge in [-0.25, -0.2) is 0 Å². The summed E-state index contributed by atoms with van der Waals surface area (Å²) in [7, 11) is 0. The number of Topliss-reactive ketones (excluding diaryl/α,β-unsaturated/α-hetero) is 1. The van der Waals surface area contributed by atoms with Gasteiger partial charge in [0, 0.05) is 11.8 Å². The van der Waals surface area contributed by atoms with Crippen molar-refractivity contribution in [1.29, 1.82) is 0 Å². The molecule has 2 heteroatoms. The smallest absolute Gasteiger partial charge is 0.138 e. The number of carbonyl (C=O) groups excluding carboxylic acids is 1. The molecule has 1 unspecified atom stereocenters. The highest BCUT2D eigenvalue weighted by molar-refractivity contribution is 5.85. The molecular formula is C30H48O2. The van der Waals surface area contributed by atoms with Gasteiger partial charge in [-0.3, -0.25) is 4.79 Å². The van der Waals surface area contributed by atoms with Crippen LogP contribution in [-0.4, -0.2) is 17.5 Å². The summed E-state index contributed by atoms with van der Waals surface area (Å²) in [6.07, 6.45) is 12.6. The molecule has 0 aromatic heterocycles. The van der Waals surface area contributed by atoms with Crippen LogP contribution in [0.4, 0.5) is 0 Å². The van der Waals surface area contributed by atoms with Crippen LogP contribution in [0.1, 0.15) is 113 Å². The van der Waals surface area contributed by atoms with Gasteiger partial charge >= 0.3 is 0 Å². The van der Waals surface area contributed by atoms with Gasteiger partial charge in [0.2, 0.25) is 0 Å². The first kappa shape index (κ1) is 23.1. The third-order valence-electron chi connectivity index (χ3n) is 12.6. The highest BCUT2D eigenvalue weighted by Gasteiger charge is 2.68. The Hall–Kier alpha value is -0.630. The fourth-order valence-corrected chi connectivity index (χ4v) is 10.3. The molecule has 1 saturated heterocycles. The van der Waals surface area contributed by atoms with E-state index in [2.05, 4.69) is 55.0 Å². The van der Waals surface area contributed by atoms with Crippen LogP contribution in [0.3, 0.4) is 0 Å². The predicted molar refractivity (Wildman–Crippen MR) is 131 cm³/mol. The van der Waals surface area contributed by atoms with Crippen LogP contribution < -0.4 is 0 Å². The van der Waals surface area contributed by atoms with E-state index >= 15 is 0 Å². The Morgan fingerprint density at radius 2 is 1.56 bits per heavy atom. The van der Waals surface area contributed by atoms with Crippen LogP contribution in [0, 0.1) is 45.3 Å². The first-order valence-corrected chi connectivity index (χ1v) is 13.7. The van der Waals surface area contributed by atoms with Gasteiger partial charge in [-0.15, -0.1) is 0 Å². The van der Waals surface area contributed by atoms with E-state index in [0.717, 1.165) is 37.5 Å². The summed E-state index contributed by atoms with van der Waals surface area (Å²) in [5.41, 5.74) is 2.60. The molecule has 5 fully saturated rings. The predicted octanol–water partition coefficient (Wildman–Crippen LogP) is 7.75. The highest BCUT2D eigenvalue weighted by Crippen LogP contribution is 2.75. The minimum absolute atomic E-state index is 0.0965. The van der Waals surface area contributed by atoms with Crippen molar-refractivity contribution in [2.75, 3.05) is 0 Å². The van der Waals surface area contributed by atoms with Crippen LogP contribution in [-0.2, 0) is 9.53 Å². The molecule has 0 N–H and O–H groups in total. The van der Waals surface area contributed by atoms with Crippen LogP contribution in [0.5, 0.6) is 0 Å². The Labute approximate surface area is 197 Å². The van der Waals surface area contributed by atoms with Crippen molar-refractivity contribution >= 4 is 5.78 Å². The Balaban J connectivity index is 1.37. The van der Waals surface area contributed by atoms with Crippen molar-refractivity contribution in [2.45, 2.75) is 124 Å². The van der Waals surface area contributed by atoms with Crippen molar-refractivity contribution in [2.24, 2.45) is 45.3 Å². The number of epoxide rings is 1. The summed E-state index contributed by atoms with van der Waals surface area (Å²) >= 11 is 0. The van der Waals surface area contributed by atoms with Crippen molar-refractivity contribution in [3.8, 4) is 0 Å². The second kappa shape index (κ2) is 6.96. The third-order valence-corrected chi connectivity index (χ3v) is 12.6. The number of allylic oxidation sites excluding steroid dienone is 1. The molecular weight excluding hydrogens is 392 g/mol. The Kier molecular flexibility index (Phi) is 5.03. The van der Waals surface area contributed by atoms with E-state index in [1.54, 1.807) is 0 Å². The Bertz CT molecular complexity index is 823. The van der Waals surface area contributed by atoms with Crippen molar-refractivity contribution in [3.05, 3.63) is 12.2 Å². The average molecular weight is 441 g/mol. The molecule has 0 bridgehead atoms. The van der Waals surface area contributed by atoms with Crippen LogP contribution in [0.15, 0.2) is 12.2 Å². The first-order chi connectivity index (χ1) is 14.8. The first-order valence-electron chi connectivity index (χ1n) is 13.7. The number of ketones is 1. The van der Waals surface area contributed by atoms with E-state index in [4.69, 9.17) is 4.74 Å². The van der Waals surface area contributed by atoms with E-state index < -0.39 is 0 Å². The van der Waals surface area contributed by atoms with Gasteiger partial charge < -0.3 is 4.74 Å². The third kappa shape index (κ3) is 2.96. The maximum Gasteiger partial charge on any atom is 0.138 e. The molecule has 0 amide bonds. The van der Waals surface area contributed by atoms with E-state index in [9.17, 15) is 4.79 Å². The lowest BCUT2D eigenvalue weighted by Gasteiger charge is -2.69. The van der Waals surface area contributed by atoms with Gasteiger partial charge in [-0.05, 0) is 112 Å². The molecule has 0 aromatic carbocycles. The molecule has 0 aromatic rings. The van der Waals surface area contributed by atoms with Gasteiger partial charge in [0.1, 0.15) is 5.78 Å². The molecule has 1 heterocycles. The molecule has 0 spiro atoms. The van der Waals surface area contributed by atoms with E-state index in [1.807, 2.05) is 0 Å². The van der Waals surface area contributed by atoms with Gasteiger partial charge in [-0.2, -0.15) is 0 Å². The van der Waals surface area contributed by atoms with Crippen LogP contribution >= 0.6 is 0 Å². The van der Waals surface area contributed by atoms with Crippen molar-refractivity contribution < 1.29 is 9.53 Å². The molecule has 1 aliphatic heterocycles. The van der Waals surface area contributed by atoms with E-state index in [1.165, 1.54) is 44.1 Å². The molecule has 32 heavy (non-hydrogen) atoms. The number of carbonyl (C=O) groups is 1. The largest absolute Gasteiger partial charge is 0.367 e. The molecule has 8 atom stereocenters. The lowest BCUT2D eigenvalue weighted by molar-refractivity contribution is -0.201. The Morgan fingerprint density at radius 1 is 0.906 bits per heavy atom. The second-order valence-corrected chi connectivity index (χ2v) is 14.4. The zero-order chi connectivity index (χ0) is 23.3. The molecule has 180 valence electrons. The zero-order valence-electron chi connectivity index (χ0n) is 22.0. The lowest BCUT2D eigenvalue weighted by atomic mass is 9.35. The molecule has 2 nitrogen and oxygen atoms in total. The lowest BCUT2D eigenvalue weighted by Crippen LogP contribution is -2.63. The normalized spacial score (nSPS) is 50.8. The van der Waals surface area contributed by atoms with Crippen LogP contribution in [0.25, 0.3) is 0 Å². The number of ether oxygens (including phenoxy) is 1. The quantitative estimate of drug-likeness (QED) is 0.330. The number of fused-ring (bicyclic) bond motifs is 5. The monoisotopic (exact) mass is 440 g/mol. The van der Waals surface area contributed by atoms with Gasteiger partial charge in [-0.1, -0.05) is 46.8 Å². The standard InChI is InChI=1S/C30H48O2/c1-19(9-12-25-27(4,5)32-25)20-13-17-29(7)21(20)10-11-23-28(6)16-15-24(31)26(2,3)22(28)14-18-30(23,29)8/h20-23,25H,1,9-18H2,2-8H3/t20-,21+,22?,23-,25+,28+,29+,30-/m1/s1. The molecule has 0 radical (unpaired) electrons. The summed E-state index contributed by atoms with van der Waals surface area (Å²) in [5, 5.41) is 0. The topological polar surface area (TPSA) is 29.6 Å². The summed E-state index contributed by atoms with van der Waals surface area (Å²) in [4.78, 5) is 12.9. The second-order valence-electron chi connectivity index (χ2n) is 14.4. The maximum absolute atomic E-state index is 12.9. The van der Waals surface area contributed by atoms with E-state index in [0.29, 0.717) is 40.0 Å². The minimum atomic E-state index is -0.142. The van der Waals surface area contributed by atoms with E-state index in [-0.39, 0.29) is 11.0 Å². The summed E-state index contributed by atoms with van der Waals surface area (Å²) in [6, 6.07) is 0. The molecule has 4 aliphatic carbocycles. The summed E-state index contributed by atoms with van der Waals surface area (Å²) in [6.45, 7) is 21.5. The molecule has 4 saturated carbocycles. The van der Waals surface area contributed by atoms with Crippen LogP contribution in [0.2, 0.25) is 0 Å². The summed E-state index contributed by atoms with van der Waals surface area (Å²) in [5.74, 6) is 3.33.